The van der Waals surface area contributed by atoms with Gasteiger partial charge in [-0.25, -0.2) is 0 Å². The van der Waals surface area contributed by atoms with Crippen LogP contribution in [0.25, 0.3) is 0 Å². The summed E-state index contributed by atoms with van der Waals surface area (Å²) in [6.45, 7) is 9.00. The van der Waals surface area contributed by atoms with E-state index in [9.17, 15) is 4.79 Å². The van der Waals surface area contributed by atoms with Crippen LogP contribution in [-0.4, -0.2) is 54.3 Å². The number of aryl methyl sites for hydroxylation is 1. The molecular weight excluding hydrogens is 256 g/mol. The minimum absolute atomic E-state index is 0.0655. The summed E-state index contributed by atoms with van der Waals surface area (Å²) in [6, 6.07) is 1.82. The standard InChI is InChI=1S/C14H24N4O2/c1-3-18-10-12(15)8-13(18)14(19)16-11(2)9-17-4-6-20-7-5-17/h8,10-11H,3-7,9,15H2,1-2H3,(H,16,19). The van der Waals surface area contributed by atoms with Crippen molar-refractivity contribution in [3.8, 4) is 0 Å². The largest absolute Gasteiger partial charge is 0.397 e. The van der Waals surface area contributed by atoms with E-state index in [4.69, 9.17) is 10.5 Å². The van der Waals surface area contributed by atoms with Crippen LogP contribution >= 0.6 is 0 Å². The van der Waals surface area contributed by atoms with Crippen molar-refractivity contribution >= 4 is 11.6 Å². The molecule has 0 radical (unpaired) electrons. The van der Waals surface area contributed by atoms with Gasteiger partial charge in [-0.2, -0.15) is 0 Å². The zero-order chi connectivity index (χ0) is 14.5. The average Bonchev–Trinajstić information content (AvgIpc) is 2.81. The Bertz CT molecular complexity index is 452. The Labute approximate surface area is 119 Å². The van der Waals surface area contributed by atoms with E-state index < -0.39 is 0 Å². The van der Waals surface area contributed by atoms with Crippen LogP contribution in [0.3, 0.4) is 0 Å². The summed E-state index contributed by atoms with van der Waals surface area (Å²) in [7, 11) is 0. The second-order valence-electron chi connectivity index (χ2n) is 5.23. The number of nitrogens with zero attached hydrogens (tertiary/aromatic N) is 2. The molecule has 1 fully saturated rings. The van der Waals surface area contributed by atoms with Gasteiger partial charge < -0.3 is 20.4 Å². The number of nitrogens with two attached hydrogens (primary N) is 1. The molecule has 112 valence electrons. The van der Waals surface area contributed by atoms with Gasteiger partial charge in [-0.1, -0.05) is 0 Å². The van der Waals surface area contributed by atoms with Gasteiger partial charge in [0.25, 0.3) is 5.91 Å². The maximum Gasteiger partial charge on any atom is 0.268 e. The molecule has 1 aliphatic rings. The molecule has 0 saturated carbocycles. The lowest BCUT2D eigenvalue weighted by atomic mass is 10.2. The number of rotatable bonds is 5. The first-order valence-corrected chi connectivity index (χ1v) is 7.16. The van der Waals surface area contributed by atoms with Gasteiger partial charge in [-0.15, -0.1) is 0 Å². The highest BCUT2D eigenvalue weighted by Gasteiger charge is 2.17. The Morgan fingerprint density at radius 2 is 2.20 bits per heavy atom. The van der Waals surface area contributed by atoms with Crippen molar-refractivity contribution in [2.45, 2.75) is 26.4 Å². The van der Waals surface area contributed by atoms with Crippen LogP contribution in [0, 0.1) is 0 Å². The molecule has 0 aromatic carbocycles. The van der Waals surface area contributed by atoms with E-state index in [1.807, 2.05) is 18.4 Å². The molecule has 3 N–H and O–H groups in total. The summed E-state index contributed by atoms with van der Waals surface area (Å²) in [6.07, 6.45) is 1.79. The van der Waals surface area contributed by atoms with Crippen LogP contribution in [0.5, 0.6) is 0 Å². The molecule has 6 nitrogen and oxygen atoms in total. The first-order valence-electron chi connectivity index (χ1n) is 7.16. The van der Waals surface area contributed by atoms with Crippen LogP contribution in [0.2, 0.25) is 0 Å². The van der Waals surface area contributed by atoms with E-state index in [0.717, 1.165) is 39.4 Å². The quantitative estimate of drug-likeness (QED) is 0.826. The normalized spacial score (nSPS) is 17.9. The van der Waals surface area contributed by atoms with Crippen molar-refractivity contribution < 1.29 is 9.53 Å². The Hall–Kier alpha value is -1.53. The third-order valence-electron chi connectivity index (χ3n) is 3.50. The van der Waals surface area contributed by atoms with E-state index in [2.05, 4.69) is 10.2 Å². The number of hydrogen-bond donors (Lipinski definition) is 2. The number of morpholine rings is 1. The second kappa shape index (κ2) is 6.76. The monoisotopic (exact) mass is 280 g/mol. The molecular formula is C14H24N4O2. The first kappa shape index (κ1) is 14.9. The SMILES string of the molecule is CCn1cc(N)cc1C(=O)NC(C)CN1CCOCC1. The molecule has 1 amide bonds. The minimum Gasteiger partial charge on any atom is -0.397 e. The summed E-state index contributed by atoms with van der Waals surface area (Å²) in [5.41, 5.74) is 7.00. The van der Waals surface area contributed by atoms with Gasteiger partial charge in [0.1, 0.15) is 5.69 Å². The van der Waals surface area contributed by atoms with Crippen molar-refractivity contribution in [2.24, 2.45) is 0 Å². The van der Waals surface area contributed by atoms with Crippen molar-refractivity contribution in [1.82, 2.24) is 14.8 Å². The number of nitrogen functional groups attached to an aromatic ring is 1. The number of aromatic nitrogens is 1. The van der Waals surface area contributed by atoms with Crippen LogP contribution in [-0.2, 0) is 11.3 Å². The third-order valence-corrected chi connectivity index (χ3v) is 3.50. The van der Waals surface area contributed by atoms with E-state index in [1.54, 1.807) is 12.3 Å². The minimum atomic E-state index is -0.0655. The summed E-state index contributed by atoms with van der Waals surface area (Å²) in [5.74, 6) is -0.0655. The summed E-state index contributed by atoms with van der Waals surface area (Å²) in [5, 5.41) is 3.03. The zero-order valence-corrected chi connectivity index (χ0v) is 12.3. The fourth-order valence-corrected chi connectivity index (χ4v) is 2.50. The molecule has 20 heavy (non-hydrogen) atoms. The number of anilines is 1. The second-order valence-corrected chi connectivity index (χ2v) is 5.23. The fourth-order valence-electron chi connectivity index (χ4n) is 2.50. The van der Waals surface area contributed by atoms with E-state index in [-0.39, 0.29) is 11.9 Å². The molecule has 0 aliphatic carbocycles. The molecule has 1 aromatic rings. The molecule has 2 rings (SSSR count). The lowest BCUT2D eigenvalue weighted by molar-refractivity contribution is 0.0342. The number of hydrogen-bond acceptors (Lipinski definition) is 4. The van der Waals surface area contributed by atoms with E-state index in [1.165, 1.54) is 0 Å². The molecule has 1 atom stereocenters. The molecule has 6 heteroatoms. The van der Waals surface area contributed by atoms with E-state index in [0.29, 0.717) is 11.4 Å². The van der Waals surface area contributed by atoms with Crippen molar-refractivity contribution in [3.05, 3.63) is 18.0 Å². The number of carbonyl (C=O) groups excluding carboxylic acids is 1. The highest BCUT2D eigenvalue weighted by atomic mass is 16.5. The number of amides is 1. The lowest BCUT2D eigenvalue weighted by Gasteiger charge is -2.29. The smallest absolute Gasteiger partial charge is 0.268 e. The molecule has 1 saturated heterocycles. The average molecular weight is 280 g/mol. The Kier molecular flexibility index (Phi) is 5.03. The molecule has 2 heterocycles. The molecule has 0 bridgehead atoms. The molecule has 1 unspecified atom stereocenters. The Morgan fingerprint density at radius 1 is 1.50 bits per heavy atom. The third kappa shape index (κ3) is 3.74. The Morgan fingerprint density at radius 3 is 2.85 bits per heavy atom. The number of ether oxygens (including phenoxy) is 1. The zero-order valence-electron chi connectivity index (χ0n) is 12.3. The van der Waals surface area contributed by atoms with Gasteiger partial charge in [-0.05, 0) is 19.9 Å². The summed E-state index contributed by atoms with van der Waals surface area (Å²) >= 11 is 0. The van der Waals surface area contributed by atoms with Crippen molar-refractivity contribution in [3.63, 3.8) is 0 Å². The number of carbonyl (C=O) groups is 1. The van der Waals surface area contributed by atoms with Gasteiger partial charge in [-0.3, -0.25) is 9.69 Å². The topological polar surface area (TPSA) is 72.5 Å². The van der Waals surface area contributed by atoms with Crippen molar-refractivity contribution in [1.29, 1.82) is 0 Å². The first-order chi connectivity index (χ1) is 9.60. The van der Waals surface area contributed by atoms with Gasteiger partial charge >= 0.3 is 0 Å². The van der Waals surface area contributed by atoms with Gasteiger partial charge in [0.15, 0.2) is 0 Å². The van der Waals surface area contributed by atoms with Crippen LogP contribution in [0.4, 0.5) is 5.69 Å². The lowest BCUT2D eigenvalue weighted by Crippen LogP contribution is -2.46. The molecule has 1 aromatic heterocycles. The van der Waals surface area contributed by atoms with Gasteiger partial charge in [0, 0.05) is 38.4 Å². The summed E-state index contributed by atoms with van der Waals surface area (Å²) < 4.78 is 7.19. The van der Waals surface area contributed by atoms with Gasteiger partial charge in [0.05, 0.1) is 18.9 Å². The summed E-state index contributed by atoms with van der Waals surface area (Å²) in [4.78, 5) is 14.6. The van der Waals surface area contributed by atoms with E-state index >= 15 is 0 Å². The van der Waals surface area contributed by atoms with Crippen molar-refractivity contribution in [2.75, 3.05) is 38.6 Å². The molecule has 0 spiro atoms. The molecule has 1 aliphatic heterocycles. The number of nitrogens with one attached hydrogen (secondary N) is 1. The van der Waals surface area contributed by atoms with Crippen LogP contribution < -0.4 is 11.1 Å². The highest BCUT2D eigenvalue weighted by molar-refractivity contribution is 5.94. The maximum absolute atomic E-state index is 12.3. The maximum atomic E-state index is 12.3. The van der Waals surface area contributed by atoms with Crippen LogP contribution in [0.1, 0.15) is 24.3 Å². The predicted octanol–water partition coefficient (Wildman–Crippen LogP) is 0.541. The highest BCUT2D eigenvalue weighted by Crippen LogP contribution is 2.10. The van der Waals surface area contributed by atoms with Gasteiger partial charge in [0.2, 0.25) is 0 Å². The fraction of sp³-hybridized carbons (Fsp3) is 0.643. The van der Waals surface area contributed by atoms with Crippen LogP contribution in [0.15, 0.2) is 12.3 Å². The predicted molar refractivity (Wildman–Crippen MR) is 78.7 cm³/mol. The Balaban J connectivity index is 1.89.